The van der Waals surface area contributed by atoms with Gasteiger partial charge in [0, 0.05) is 30.5 Å². The van der Waals surface area contributed by atoms with Crippen molar-refractivity contribution in [1.82, 2.24) is 9.97 Å². The normalized spacial score (nSPS) is 15.3. The second-order valence-electron chi connectivity index (χ2n) is 6.18. The van der Waals surface area contributed by atoms with Crippen molar-refractivity contribution in [2.45, 2.75) is 26.7 Å². The van der Waals surface area contributed by atoms with Crippen LogP contribution in [0.25, 0.3) is 0 Å². The largest absolute Gasteiger partial charge is 0.341 e. The predicted octanol–water partition coefficient (Wildman–Crippen LogP) is 3.64. The van der Waals surface area contributed by atoms with Gasteiger partial charge in [-0.15, -0.1) is 0 Å². The molecule has 1 aromatic carbocycles. The summed E-state index contributed by atoms with van der Waals surface area (Å²) in [6, 6.07) is 11.4. The number of hydrogen-bond donors (Lipinski definition) is 1. The Balaban J connectivity index is 1.78. The summed E-state index contributed by atoms with van der Waals surface area (Å²) < 4.78 is 0. The fourth-order valence-corrected chi connectivity index (χ4v) is 2.74. The first-order valence-electron chi connectivity index (χ1n) is 8.02. The van der Waals surface area contributed by atoms with Crippen LogP contribution in [0.15, 0.2) is 30.3 Å². The third kappa shape index (κ3) is 3.78. The van der Waals surface area contributed by atoms with E-state index in [0.29, 0.717) is 5.56 Å². The van der Waals surface area contributed by atoms with Crippen molar-refractivity contribution in [3.05, 3.63) is 41.6 Å². The number of nitriles is 1. The molecule has 0 spiro atoms. The van der Waals surface area contributed by atoms with E-state index in [1.165, 1.54) is 12.8 Å². The summed E-state index contributed by atoms with van der Waals surface area (Å²) in [4.78, 5) is 11.5. The van der Waals surface area contributed by atoms with Gasteiger partial charge in [-0.05, 0) is 49.9 Å². The van der Waals surface area contributed by atoms with Crippen molar-refractivity contribution >= 4 is 17.5 Å². The molecule has 1 fully saturated rings. The number of benzene rings is 1. The maximum Gasteiger partial charge on any atom is 0.227 e. The molecule has 23 heavy (non-hydrogen) atoms. The molecule has 1 aliphatic rings. The Morgan fingerprint density at radius 2 is 1.87 bits per heavy atom. The van der Waals surface area contributed by atoms with Crippen molar-refractivity contribution in [3.63, 3.8) is 0 Å². The maximum atomic E-state index is 8.86. The highest BCUT2D eigenvalue weighted by atomic mass is 15.3. The molecule has 0 saturated carbocycles. The number of rotatable bonds is 3. The van der Waals surface area contributed by atoms with Gasteiger partial charge in [-0.1, -0.05) is 6.92 Å². The molecular weight excluding hydrogens is 286 g/mol. The average Bonchev–Trinajstić information content (AvgIpc) is 2.56. The summed E-state index contributed by atoms with van der Waals surface area (Å²) in [5, 5.41) is 12.2. The summed E-state index contributed by atoms with van der Waals surface area (Å²) in [5.74, 6) is 2.37. The van der Waals surface area contributed by atoms with Crippen molar-refractivity contribution in [1.29, 1.82) is 5.26 Å². The van der Waals surface area contributed by atoms with E-state index in [1.54, 1.807) is 12.1 Å². The molecule has 0 atom stereocenters. The summed E-state index contributed by atoms with van der Waals surface area (Å²) in [6.45, 7) is 6.32. The van der Waals surface area contributed by atoms with Crippen LogP contribution in [0.5, 0.6) is 0 Å². The third-order valence-corrected chi connectivity index (χ3v) is 4.20. The van der Waals surface area contributed by atoms with Gasteiger partial charge in [0.25, 0.3) is 0 Å². The van der Waals surface area contributed by atoms with Gasteiger partial charge >= 0.3 is 0 Å². The molecule has 1 aromatic heterocycles. The van der Waals surface area contributed by atoms with Gasteiger partial charge in [0.1, 0.15) is 5.82 Å². The number of nitrogens with one attached hydrogen (secondary N) is 1. The van der Waals surface area contributed by atoms with Gasteiger partial charge in [-0.2, -0.15) is 10.2 Å². The van der Waals surface area contributed by atoms with Gasteiger partial charge in [-0.25, -0.2) is 4.98 Å². The SMILES string of the molecule is Cc1cc(Nc2ccc(C#N)cc2)nc(N2CCC(C)CC2)n1. The number of anilines is 3. The van der Waals surface area contributed by atoms with E-state index < -0.39 is 0 Å². The van der Waals surface area contributed by atoms with Crippen LogP contribution in [0.4, 0.5) is 17.5 Å². The molecule has 0 unspecified atom stereocenters. The molecule has 2 heterocycles. The number of piperidine rings is 1. The summed E-state index contributed by atoms with van der Waals surface area (Å²) in [7, 11) is 0. The van der Waals surface area contributed by atoms with Crippen LogP contribution in [-0.2, 0) is 0 Å². The van der Waals surface area contributed by atoms with E-state index in [4.69, 9.17) is 5.26 Å². The van der Waals surface area contributed by atoms with E-state index in [9.17, 15) is 0 Å². The zero-order chi connectivity index (χ0) is 16.2. The van der Waals surface area contributed by atoms with Gasteiger partial charge in [0.2, 0.25) is 5.95 Å². The molecule has 0 aliphatic carbocycles. The first-order valence-corrected chi connectivity index (χ1v) is 8.02. The minimum Gasteiger partial charge on any atom is -0.341 e. The Morgan fingerprint density at radius 1 is 1.17 bits per heavy atom. The number of hydrogen-bond acceptors (Lipinski definition) is 5. The van der Waals surface area contributed by atoms with Gasteiger partial charge in [0.05, 0.1) is 11.6 Å². The summed E-state index contributed by atoms with van der Waals surface area (Å²) in [6.07, 6.45) is 2.38. The highest BCUT2D eigenvalue weighted by Gasteiger charge is 2.18. The molecule has 1 saturated heterocycles. The zero-order valence-electron chi connectivity index (χ0n) is 13.6. The number of nitrogens with zero attached hydrogens (tertiary/aromatic N) is 4. The fraction of sp³-hybridized carbons (Fsp3) is 0.389. The molecule has 118 valence electrons. The van der Waals surface area contributed by atoms with Crippen LogP contribution >= 0.6 is 0 Å². The lowest BCUT2D eigenvalue weighted by Gasteiger charge is -2.30. The minimum atomic E-state index is 0.651. The molecule has 3 rings (SSSR count). The number of aromatic nitrogens is 2. The van der Waals surface area contributed by atoms with Crippen LogP contribution in [0, 0.1) is 24.2 Å². The van der Waals surface area contributed by atoms with Gasteiger partial charge in [-0.3, -0.25) is 0 Å². The lowest BCUT2D eigenvalue weighted by atomic mass is 10.00. The van der Waals surface area contributed by atoms with Crippen LogP contribution in [0.1, 0.15) is 31.0 Å². The summed E-state index contributed by atoms with van der Waals surface area (Å²) >= 11 is 0. The lowest BCUT2D eigenvalue weighted by Crippen LogP contribution is -2.34. The monoisotopic (exact) mass is 307 g/mol. The van der Waals surface area contributed by atoms with E-state index in [-0.39, 0.29) is 0 Å². The lowest BCUT2D eigenvalue weighted by molar-refractivity contribution is 0.434. The molecule has 5 nitrogen and oxygen atoms in total. The highest BCUT2D eigenvalue weighted by Crippen LogP contribution is 2.23. The fourth-order valence-electron chi connectivity index (χ4n) is 2.74. The molecule has 5 heteroatoms. The molecule has 0 bridgehead atoms. The Morgan fingerprint density at radius 3 is 2.52 bits per heavy atom. The maximum absolute atomic E-state index is 8.86. The standard InChI is InChI=1S/C18H21N5/c1-13-7-9-23(10-8-13)18-20-14(2)11-17(22-18)21-16-5-3-15(12-19)4-6-16/h3-6,11,13H,7-10H2,1-2H3,(H,20,21,22). The topological polar surface area (TPSA) is 64.8 Å². The van der Waals surface area contributed by atoms with E-state index in [0.717, 1.165) is 42.2 Å². The molecule has 0 amide bonds. The van der Waals surface area contributed by atoms with Crippen molar-refractivity contribution in [2.24, 2.45) is 5.92 Å². The average molecular weight is 307 g/mol. The Bertz CT molecular complexity index is 709. The molecule has 1 N–H and O–H groups in total. The van der Waals surface area contributed by atoms with Crippen LogP contribution in [0.2, 0.25) is 0 Å². The van der Waals surface area contributed by atoms with Crippen LogP contribution in [-0.4, -0.2) is 23.1 Å². The molecule has 2 aromatic rings. The molecular formula is C18H21N5. The van der Waals surface area contributed by atoms with Crippen molar-refractivity contribution in [3.8, 4) is 6.07 Å². The zero-order valence-corrected chi connectivity index (χ0v) is 13.6. The predicted molar refractivity (Wildman–Crippen MR) is 91.8 cm³/mol. The smallest absolute Gasteiger partial charge is 0.227 e. The second kappa shape index (κ2) is 6.66. The third-order valence-electron chi connectivity index (χ3n) is 4.20. The van der Waals surface area contributed by atoms with Crippen molar-refractivity contribution in [2.75, 3.05) is 23.3 Å². The Hall–Kier alpha value is -2.61. The van der Waals surface area contributed by atoms with Crippen molar-refractivity contribution < 1.29 is 0 Å². The van der Waals surface area contributed by atoms with E-state index in [1.807, 2.05) is 25.1 Å². The highest BCUT2D eigenvalue weighted by molar-refractivity contribution is 5.58. The van der Waals surface area contributed by atoms with E-state index in [2.05, 4.69) is 33.2 Å². The molecule has 0 radical (unpaired) electrons. The number of aryl methyl sites for hydroxylation is 1. The Kier molecular flexibility index (Phi) is 4.42. The van der Waals surface area contributed by atoms with Gasteiger partial charge < -0.3 is 10.2 Å². The first kappa shape index (κ1) is 15.3. The molecule has 1 aliphatic heterocycles. The summed E-state index contributed by atoms with van der Waals surface area (Å²) in [5.41, 5.74) is 2.52. The minimum absolute atomic E-state index is 0.651. The quantitative estimate of drug-likeness (QED) is 0.938. The van der Waals surface area contributed by atoms with E-state index >= 15 is 0 Å². The van der Waals surface area contributed by atoms with Crippen LogP contribution < -0.4 is 10.2 Å². The first-order chi connectivity index (χ1) is 11.1. The van der Waals surface area contributed by atoms with Gasteiger partial charge in [0.15, 0.2) is 0 Å². The Labute approximate surface area is 137 Å². The second-order valence-corrected chi connectivity index (χ2v) is 6.18. The van der Waals surface area contributed by atoms with Crippen LogP contribution in [0.3, 0.4) is 0 Å².